The number of hydrogen-bond acceptors (Lipinski definition) is 3. The third-order valence-electron chi connectivity index (χ3n) is 3.94. The van der Waals surface area contributed by atoms with Crippen LogP contribution in [0, 0.1) is 0 Å². The Kier molecular flexibility index (Phi) is 6.67. The molecule has 0 saturated carbocycles. The predicted molar refractivity (Wildman–Crippen MR) is 118 cm³/mol. The molecule has 0 unspecified atom stereocenters. The highest BCUT2D eigenvalue weighted by molar-refractivity contribution is 7.43. The van der Waals surface area contributed by atoms with E-state index in [4.69, 9.17) is 13.6 Å². The summed E-state index contributed by atoms with van der Waals surface area (Å²) in [5, 5.41) is 0. The Morgan fingerprint density at radius 3 is 1.07 bits per heavy atom. The first kappa shape index (κ1) is 19.5. The van der Waals surface area contributed by atoms with E-state index in [2.05, 4.69) is 19.7 Å². The average Bonchev–Trinajstić information content (AvgIpc) is 2.75. The molecule has 0 bridgehead atoms. The molecule has 3 aromatic carbocycles. The van der Waals surface area contributed by atoms with Gasteiger partial charge in [0.05, 0.1) is 0 Å². The van der Waals surface area contributed by atoms with Crippen molar-refractivity contribution in [3.8, 4) is 17.2 Å². The van der Waals surface area contributed by atoms with Crippen LogP contribution in [0.25, 0.3) is 18.2 Å². The van der Waals surface area contributed by atoms with Crippen LogP contribution < -0.4 is 13.6 Å². The van der Waals surface area contributed by atoms with Crippen LogP contribution in [0.15, 0.2) is 92.5 Å². The summed E-state index contributed by atoms with van der Waals surface area (Å²) in [6.45, 7) is 11.5. The van der Waals surface area contributed by atoms with E-state index in [-0.39, 0.29) is 0 Å². The van der Waals surface area contributed by atoms with Crippen LogP contribution in [-0.4, -0.2) is 0 Å². The molecule has 0 fully saturated rings. The van der Waals surface area contributed by atoms with Crippen LogP contribution >= 0.6 is 8.60 Å². The van der Waals surface area contributed by atoms with Gasteiger partial charge in [0.1, 0.15) is 17.2 Å². The smallest absolute Gasteiger partial charge is 0.408 e. The molecule has 0 aliphatic heterocycles. The minimum absolute atomic E-state index is 0.635. The highest BCUT2D eigenvalue weighted by Crippen LogP contribution is 2.45. The van der Waals surface area contributed by atoms with E-state index in [0.717, 1.165) is 16.7 Å². The van der Waals surface area contributed by atoms with Crippen LogP contribution in [0.2, 0.25) is 0 Å². The quantitative estimate of drug-likeness (QED) is 0.358. The summed E-state index contributed by atoms with van der Waals surface area (Å²) in [7, 11) is -1.80. The fraction of sp³-hybridized carbons (Fsp3) is 0. The van der Waals surface area contributed by atoms with Crippen molar-refractivity contribution in [3.05, 3.63) is 109 Å². The standard InChI is InChI=1S/C24H21O3P/c1-4-19-13-7-10-16-22(19)25-28(26-23-17-11-8-14-20(23)5-2)27-24-18-12-9-15-21(24)6-3/h4-18H,1-3H2. The molecule has 0 N–H and O–H groups in total. The highest BCUT2D eigenvalue weighted by atomic mass is 31.2. The van der Waals surface area contributed by atoms with Gasteiger partial charge in [-0.2, -0.15) is 0 Å². The molecule has 0 amide bonds. The summed E-state index contributed by atoms with van der Waals surface area (Å²) in [6, 6.07) is 22.8. The number of benzene rings is 3. The zero-order chi connectivity index (χ0) is 19.8. The largest absolute Gasteiger partial charge is 0.530 e. The van der Waals surface area contributed by atoms with Gasteiger partial charge in [-0.25, -0.2) is 0 Å². The first-order valence-corrected chi connectivity index (χ1v) is 9.83. The van der Waals surface area contributed by atoms with Crippen molar-refractivity contribution in [2.24, 2.45) is 0 Å². The Labute approximate surface area is 167 Å². The average molecular weight is 388 g/mol. The Morgan fingerprint density at radius 2 is 0.786 bits per heavy atom. The lowest BCUT2D eigenvalue weighted by molar-refractivity contribution is 0.387. The molecule has 0 aromatic heterocycles. The minimum Gasteiger partial charge on any atom is -0.408 e. The molecular formula is C24H21O3P. The Hall–Kier alpha value is -3.29. The summed E-state index contributed by atoms with van der Waals surface area (Å²) >= 11 is 0. The first-order valence-electron chi connectivity index (χ1n) is 8.73. The molecule has 0 atom stereocenters. The van der Waals surface area contributed by atoms with E-state index < -0.39 is 8.60 Å². The predicted octanol–water partition coefficient (Wildman–Crippen LogP) is 7.38. The molecular weight excluding hydrogens is 367 g/mol. The van der Waals surface area contributed by atoms with Crippen molar-refractivity contribution >= 4 is 26.8 Å². The topological polar surface area (TPSA) is 27.7 Å². The molecule has 0 saturated heterocycles. The lowest BCUT2D eigenvalue weighted by Crippen LogP contribution is -2.04. The highest BCUT2D eigenvalue weighted by Gasteiger charge is 2.22. The fourth-order valence-electron chi connectivity index (χ4n) is 2.49. The summed E-state index contributed by atoms with van der Waals surface area (Å²) in [5.41, 5.74) is 2.57. The third-order valence-corrected chi connectivity index (χ3v) is 4.97. The minimum atomic E-state index is -1.80. The molecule has 140 valence electrons. The molecule has 0 spiro atoms. The van der Waals surface area contributed by atoms with Gasteiger partial charge in [-0.05, 0) is 18.2 Å². The molecule has 3 aromatic rings. The first-order chi connectivity index (χ1) is 13.7. The van der Waals surface area contributed by atoms with Gasteiger partial charge in [0.25, 0.3) is 0 Å². The molecule has 3 rings (SSSR count). The van der Waals surface area contributed by atoms with Crippen molar-refractivity contribution < 1.29 is 13.6 Å². The van der Waals surface area contributed by atoms with Crippen molar-refractivity contribution in [2.45, 2.75) is 0 Å². The van der Waals surface area contributed by atoms with Gasteiger partial charge in [0.15, 0.2) is 0 Å². The maximum Gasteiger partial charge on any atom is 0.530 e. The van der Waals surface area contributed by atoms with Gasteiger partial charge in [-0.15, -0.1) is 0 Å². The molecule has 28 heavy (non-hydrogen) atoms. The number of rotatable bonds is 9. The SMILES string of the molecule is C=Cc1ccccc1OP(Oc1ccccc1C=C)Oc1ccccc1C=C. The van der Waals surface area contributed by atoms with E-state index in [0.29, 0.717) is 17.2 Å². The van der Waals surface area contributed by atoms with E-state index in [1.807, 2.05) is 72.8 Å². The maximum atomic E-state index is 6.12. The second-order valence-electron chi connectivity index (χ2n) is 5.72. The van der Waals surface area contributed by atoms with Crippen LogP contribution in [0.4, 0.5) is 0 Å². The number of para-hydroxylation sites is 3. The van der Waals surface area contributed by atoms with Crippen molar-refractivity contribution in [1.82, 2.24) is 0 Å². The Bertz CT molecular complexity index is 854. The summed E-state index contributed by atoms with van der Waals surface area (Å²) in [5.74, 6) is 1.90. The van der Waals surface area contributed by atoms with E-state index in [1.54, 1.807) is 18.2 Å². The van der Waals surface area contributed by atoms with Crippen molar-refractivity contribution in [1.29, 1.82) is 0 Å². The molecule has 0 aliphatic carbocycles. The third kappa shape index (κ3) is 4.70. The van der Waals surface area contributed by atoms with Crippen LogP contribution in [-0.2, 0) is 0 Å². The van der Waals surface area contributed by atoms with E-state index in [9.17, 15) is 0 Å². The molecule has 4 heteroatoms. The molecule has 0 heterocycles. The molecule has 3 nitrogen and oxygen atoms in total. The van der Waals surface area contributed by atoms with Gasteiger partial charge in [0.2, 0.25) is 0 Å². The van der Waals surface area contributed by atoms with Gasteiger partial charge in [-0.3, -0.25) is 0 Å². The summed E-state index contributed by atoms with van der Waals surface area (Å²) < 4.78 is 18.4. The van der Waals surface area contributed by atoms with Crippen LogP contribution in [0.1, 0.15) is 16.7 Å². The van der Waals surface area contributed by atoms with Crippen LogP contribution in [0.3, 0.4) is 0 Å². The zero-order valence-corrected chi connectivity index (χ0v) is 16.3. The molecule has 0 aliphatic rings. The fourth-order valence-corrected chi connectivity index (χ4v) is 3.59. The normalized spacial score (nSPS) is 10.2. The zero-order valence-electron chi connectivity index (χ0n) is 15.5. The Balaban J connectivity index is 1.94. The Morgan fingerprint density at radius 1 is 0.500 bits per heavy atom. The lowest BCUT2D eigenvalue weighted by atomic mass is 10.2. The van der Waals surface area contributed by atoms with Gasteiger partial charge in [-0.1, -0.05) is 92.6 Å². The second-order valence-corrected chi connectivity index (χ2v) is 6.72. The van der Waals surface area contributed by atoms with Crippen LogP contribution in [0.5, 0.6) is 17.2 Å². The van der Waals surface area contributed by atoms with E-state index >= 15 is 0 Å². The van der Waals surface area contributed by atoms with Crippen molar-refractivity contribution in [3.63, 3.8) is 0 Å². The number of hydrogen-bond donors (Lipinski definition) is 0. The van der Waals surface area contributed by atoms with E-state index in [1.165, 1.54) is 0 Å². The summed E-state index contributed by atoms with van der Waals surface area (Å²) in [6.07, 6.45) is 5.20. The van der Waals surface area contributed by atoms with Crippen molar-refractivity contribution in [2.75, 3.05) is 0 Å². The maximum absolute atomic E-state index is 6.12. The van der Waals surface area contributed by atoms with Gasteiger partial charge < -0.3 is 13.6 Å². The van der Waals surface area contributed by atoms with Gasteiger partial charge >= 0.3 is 8.60 Å². The summed E-state index contributed by atoms with van der Waals surface area (Å²) in [4.78, 5) is 0. The lowest BCUT2D eigenvalue weighted by Gasteiger charge is -2.20. The molecule has 0 radical (unpaired) electrons. The second kappa shape index (κ2) is 9.59. The monoisotopic (exact) mass is 388 g/mol. The van der Waals surface area contributed by atoms with Gasteiger partial charge in [0, 0.05) is 16.7 Å².